The van der Waals surface area contributed by atoms with Gasteiger partial charge in [0.1, 0.15) is 22.6 Å². The third-order valence-electron chi connectivity index (χ3n) is 9.00. The lowest BCUT2D eigenvalue weighted by molar-refractivity contribution is 0.955. The van der Waals surface area contributed by atoms with E-state index >= 15 is 0 Å². The van der Waals surface area contributed by atoms with Crippen LogP contribution in [0.1, 0.15) is 36.1 Å². The lowest BCUT2D eigenvalue weighted by Gasteiger charge is -2.26. The van der Waals surface area contributed by atoms with E-state index in [0.717, 1.165) is 43.8 Å². The molecule has 0 saturated carbocycles. The molecular weight excluding hydrogens is 597 g/mol. The minimum absolute atomic E-state index is 0.590. The number of aromatic nitrogens is 2. The van der Waals surface area contributed by atoms with E-state index < -0.39 is 8.40 Å². The molecule has 10 rings (SSSR count). The Balaban J connectivity index is 1.58. The normalized spacial score (nSPS) is 15.7. The van der Waals surface area contributed by atoms with Crippen molar-refractivity contribution in [2.75, 3.05) is 0 Å². The van der Waals surface area contributed by atoms with Crippen LogP contribution < -0.4 is 11.0 Å². The molecule has 4 aliphatic heterocycles. The summed E-state index contributed by atoms with van der Waals surface area (Å²) in [6.45, 7) is 3.72. The summed E-state index contributed by atoms with van der Waals surface area (Å²) in [5.41, 5.74) is 12.5. The largest absolute Gasteiger partial charge is 0.445 e. The Morgan fingerprint density at radius 2 is 0.787 bits per heavy atom. The molecule has 0 aliphatic carbocycles. The number of rotatable bonds is 0. The molecule has 0 saturated heterocycles. The van der Waals surface area contributed by atoms with Crippen molar-refractivity contribution in [3.63, 3.8) is 0 Å². The van der Waals surface area contributed by atoms with Crippen molar-refractivity contribution in [1.29, 1.82) is 0 Å². The highest BCUT2D eigenvalue weighted by Crippen LogP contribution is 2.42. The van der Waals surface area contributed by atoms with Crippen LogP contribution in [0, 0.1) is 22.9 Å². The van der Waals surface area contributed by atoms with Gasteiger partial charge < -0.3 is 0 Å². The molecule has 2 aromatic heterocycles. The Kier molecular flexibility index (Phi) is 5.12. The lowest BCUT2D eigenvalue weighted by Crippen LogP contribution is -2.58. The fourth-order valence-electron chi connectivity index (χ4n) is 7.12. The summed E-state index contributed by atoms with van der Waals surface area (Å²) in [6, 6.07) is 32.7. The van der Waals surface area contributed by atoms with Gasteiger partial charge in [0.05, 0.1) is 0 Å². The molecule has 0 N–H and O–H groups in total. The molecule has 0 fully saturated rings. The molecule has 9 heteroatoms. The summed E-state index contributed by atoms with van der Waals surface area (Å²) in [5, 5.41) is 3.71. The van der Waals surface area contributed by atoms with E-state index in [1.54, 1.807) is 0 Å². The molecule has 218 valence electrons. The maximum Gasteiger partial charge on any atom is 0.445 e. The fraction of sp³-hybridized carbons (Fsp3) is 0.0526. The number of nitrogens with zero attached hydrogens (tertiary/aromatic N) is 8. The number of benzene rings is 4. The Hall–Kier alpha value is -6.42. The lowest BCUT2D eigenvalue weighted by atomic mass is 10.1. The Bertz CT molecular complexity index is 2650. The summed E-state index contributed by atoms with van der Waals surface area (Å²) in [7, 11) is -3.61. The molecular formula is C38H22N8Si. The van der Waals surface area contributed by atoms with E-state index in [-0.39, 0.29) is 0 Å². The quantitative estimate of drug-likeness (QED) is 0.159. The molecule has 47 heavy (non-hydrogen) atoms. The zero-order chi connectivity index (χ0) is 31.3. The van der Waals surface area contributed by atoms with Crippen molar-refractivity contribution in [1.82, 2.24) is 8.47 Å². The fourth-order valence-corrected chi connectivity index (χ4v) is 10.4. The van der Waals surface area contributed by atoms with Gasteiger partial charge in [-0.2, -0.15) is 0 Å². The molecule has 0 spiro atoms. The van der Waals surface area contributed by atoms with Crippen LogP contribution in [0.15, 0.2) is 127 Å². The van der Waals surface area contributed by atoms with Gasteiger partial charge in [-0.25, -0.2) is 30.0 Å². The molecule has 0 unspecified atom stereocenters. The third kappa shape index (κ3) is 3.33. The van der Waals surface area contributed by atoms with Crippen LogP contribution in [0.5, 0.6) is 0 Å². The second-order valence-electron chi connectivity index (χ2n) is 11.5. The van der Waals surface area contributed by atoms with Gasteiger partial charge in [0.15, 0.2) is 23.3 Å². The zero-order valence-electron chi connectivity index (χ0n) is 25.3. The van der Waals surface area contributed by atoms with E-state index in [4.69, 9.17) is 30.0 Å². The van der Waals surface area contributed by atoms with E-state index in [2.05, 4.69) is 79.9 Å². The topological polar surface area (TPSA) is 84.0 Å². The van der Waals surface area contributed by atoms with Gasteiger partial charge in [-0.15, -0.1) is 11.8 Å². The average molecular weight is 619 g/mol. The SMILES string of the molecule is CC#C[Si]1(C#CC)n2c3c4ccccc4c2N=C2N=C(N=c4c5ccccc5c(n41)=NC1=NC(=N3)c3ccccc31)c1ccccc12. The van der Waals surface area contributed by atoms with Crippen LogP contribution in [0.3, 0.4) is 0 Å². The van der Waals surface area contributed by atoms with Crippen molar-refractivity contribution >= 4 is 64.9 Å². The van der Waals surface area contributed by atoms with Crippen LogP contribution in [0.4, 0.5) is 11.6 Å². The number of amidine groups is 4. The molecule has 6 aromatic rings. The molecule has 0 amide bonds. The number of hydrogen-bond donors (Lipinski definition) is 0. The second kappa shape index (κ2) is 9.30. The maximum absolute atomic E-state index is 5.38. The van der Waals surface area contributed by atoms with E-state index in [9.17, 15) is 0 Å². The maximum atomic E-state index is 5.38. The Labute approximate surface area is 269 Å². The number of aliphatic imine (C=N–C) groups is 4. The zero-order valence-corrected chi connectivity index (χ0v) is 26.3. The third-order valence-corrected chi connectivity index (χ3v) is 12.3. The standard InChI is InChI=1S/C38H22N8Si/c1-3-21-47(22-4-2)45-35-27-17-9-10-18-28(27)37(45)43-33-25-15-7-8-16-26(25)34(40-33)44-38-30-20-12-11-19-29(30)36(46(38)47)42-32-24-14-6-5-13-23(24)31(39-32)41-35/h5-20H,1-2H3. The van der Waals surface area contributed by atoms with Crippen molar-refractivity contribution in [3.05, 3.63) is 130 Å². The van der Waals surface area contributed by atoms with Crippen molar-refractivity contribution in [2.45, 2.75) is 13.8 Å². The highest BCUT2D eigenvalue weighted by molar-refractivity contribution is 6.92. The van der Waals surface area contributed by atoms with Gasteiger partial charge in [-0.1, -0.05) is 108 Å². The van der Waals surface area contributed by atoms with Gasteiger partial charge in [-0.3, -0.25) is 8.47 Å². The second-order valence-corrected chi connectivity index (χ2v) is 14.3. The van der Waals surface area contributed by atoms with Crippen LogP contribution in [-0.4, -0.2) is 40.2 Å². The first kappa shape index (κ1) is 25.9. The highest BCUT2D eigenvalue weighted by atomic mass is 28.3. The van der Waals surface area contributed by atoms with Crippen LogP contribution in [0.25, 0.3) is 21.5 Å². The summed E-state index contributed by atoms with van der Waals surface area (Å²) < 4.78 is 4.37. The first-order chi connectivity index (χ1) is 23.2. The average Bonchev–Trinajstić information content (AvgIpc) is 3.81. The van der Waals surface area contributed by atoms with Crippen LogP contribution >= 0.6 is 0 Å². The minimum atomic E-state index is -3.61. The highest BCUT2D eigenvalue weighted by Gasteiger charge is 2.45. The van der Waals surface area contributed by atoms with Crippen LogP contribution in [0.2, 0.25) is 0 Å². The summed E-state index contributed by atoms with van der Waals surface area (Å²) in [6.07, 6.45) is 0. The summed E-state index contributed by atoms with van der Waals surface area (Å²) in [4.78, 5) is 31.7. The molecule has 4 aliphatic rings. The molecule has 0 radical (unpaired) electrons. The van der Waals surface area contributed by atoms with Gasteiger partial charge in [0, 0.05) is 43.8 Å². The minimum Gasteiger partial charge on any atom is -0.298 e. The van der Waals surface area contributed by atoms with Gasteiger partial charge in [0.25, 0.3) is 0 Å². The van der Waals surface area contributed by atoms with E-state index in [1.807, 2.05) is 62.4 Å². The Morgan fingerprint density at radius 1 is 0.426 bits per heavy atom. The number of fused-ring (bicyclic) bond motifs is 14. The monoisotopic (exact) mass is 618 g/mol. The first-order valence-corrected chi connectivity index (χ1v) is 17.2. The molecule has 8 nitrogen and oxygen atoms in total. The van der Waals surface area contributed by atoms with Crippen LogP contribution in [-0.2, 0) is 0 Å². The van der Waals surface area contributed by atoms with Gasteiger partial charge >= 0.3 is 8.40 Å². The predicted octanol–water partition coefficient (Wildman–Crippen LogP) is 5.50. The molecule has 4 aromatic carbocycles. The Morgan fingerprint density at radius 3 is 1.19 bits per heavy atom. The smallest absolute Gasteiger partial charge is 0.298 e. The van der Waals surface area contributed by atoms with Crippen molar-refractivity contribution < 1.29 is 0 Å². The van der Waals surface area contributed by atoms with Crippen molar-refractivity contribution in [3.8, 4) is 22.9 Å². The molecule has 0 atom stereocenters. The summed E-state index contributed by atoms with van der Waals surface area (Å²) in [5.74, 6) is 10.3. The van der Waals surface area contributed by atoms with E-state index in [1.165, 1.54) is 0 Å². The molecule has 6 bridgehead atoms. The van der Waals surface area contributed by atoms with Gasteiger partial charge in [-0.05, 0) is 13.8 Å². The molecule has 6 heterocycles. The summed E-state index contributed by atoms with van der Waals surface area (Å²) >= 11 is 0. The van der Waals surface area contributed by atoms with E-state index in [0.29, 0.717) is 46.0 Å². The van der Waals surface area contributed by atoms with Gasteiger partial charge in [0.2, 0.25) is 0 Å². The number of hydrogen-bond acceptors (Lipinski definition) is 6. The predicted molar refractivity (Wildman–Crippen MR) is 188 cm³/mol. The first-order valence-electron chi connectivity index (χ1n) is 15.3. The van der Waals surface area contributed by atoms with Crippen molar-refractivity contribution in [2.24, 2.45) is 30.0 Å².